The monoisotopic (exact) mass is 333 g/mol. The van der Waals surface area contributed by atoms with Crippen LogP contribution >= 0.6 is 11.6 Å². The van der Waals surface area contributed by atoms with Gasteiger partial charge in [0.15, 0.2) is 11.6 Å². The Morgan fingerprint density at radius 3 is 2.38 bits per heavy atom. The summed E-state index contributed by atoms with van der Waals surface area (Å²) >= 11 is 5.92. The van der Waals surface area contributed by atoms with Gasteiger partial charge in [0.2, 0.25) is 0 Å². The van der Waals surface area contributed by atoms with Gasteiger partial charge in [-0.2, -0.15) is 0 Å². The molecular formula is C19H12ClN3O. The molecule has 0 radical (unpaired) electrons. The summed E-state index contributed by atoms with van der Waals surface area (Å²) < 4.78 is 5.45. The molecule has 2 aromatic carbocycles. The predicted molar refractivity (Wildman–Crippen MR) is 93.4 cm³/mol. The van der Waals surface area contributed by atoms with E-state index in [9.17, 15) is 0 Å². The molecule has 0 atom stereocenters. The summed E-state index contributed by atoms with van der Waals surface area (Å²) in [5.74, 6) is 1.22. The minimum absolute atomic E-state index is 0.603. The Balaban J connectivity index is 1.69. The highest BCUT2D eigenvalue weighted by atomic mass is 35.5. The van der Waals surface area contributed by atoms with Crippen LogP contribution in [0, 0.1) is 0 Å². The van der Waals surface area contributed by atoms with Gasteiger partial charge in [-0.25, -0.2) is 9.97 Å². The van der Waals surface area contributed by atoms with Crippen molar-refractivity contribution < 1.29 is 4.52 Å². The summed E-state index contributed by atoms with van der Waals surface area (Å²) in [5.41, 5.74) is 3.35. The van der Waals surface area contributed by atoms with Crippen LogP contribution in [0.1, 0.15) is 0 Å². The highest BCUT2D eigenvalue weighted by Crippen LogP contribution is 2.26. The minimum atomic E-state index is 0.603. The van der Waals surface area contributed by atoms with Crippen molar-refractivity contribution in [3.63, 3.8) is 0 Å². The van der Waals surface area contributed by atoms with Crippen molar-refractivity contribution in [2.75, 3.05) is 0 Å². The summed E-state index contributed by atoms with van der Waals surface area (Å²) in [6.45, 7) is 0. The first-order valence-electron chi connectivity index (χ1n) is 7.41. The molecule has 0 amide bonds. The molecule has 2 aromatic heterocycles. The molecule has 4 nitrogen and oxygen atoms in total. The van der Waals surface area contributed by atoms with Crippen LogP contribution in [0.3, 0.4) is 0 Å². The number of halogens is 1. The topological polar surface area (TPSA) is 51.8 Å². The summed E-state index contributed by atoms with van der Waals surface area (Å²) in [7, 11) is 0. The average Bonchev–Trinajstić information content (AvgIpc) is 3.13. The molecule has 0 spiro atoms. The van der Waals surface area contributed by atoms with E-state index >= 15 is 0 Å². The van der Waals surface area contributed by atoms with Gasteiger partial charge in [-0.3, -0.25) is 0 Å². The highest BCUT2D eigenvalue weighted by molar-refractivity contribution is 6.30. The summed E-state index contributed by atoms with van der Waals surface area (Å²) in [5, 5.41) is 4.80. The van der Waals surface area contributed by atoms with Crippen LogP contribution < -0.4 is 0 Å². The molecule has 0 aliphatic carbocycles. The van der Waals surface area contributed by atoms with E-state index in [2.05, 4.69) is 15.1 Å². The van der Waals surface area contributed by atoms with Crippen molar-refractivity contribution in [3.05, 3.63) is 77.9 Å². The van der Waals surface area contributed by atoms with Crippen molar-refractivity contribution in [2.24, 2.45) is 0 Å². The largest absolute Gasteiger partial charge is 0.354 e. The molecule has 0 saturated carbocycles. The quantitative estimate of drug-likeness (QED) is 0.522. The van der Waals surface area contributed by atoms with Crippen LogP contribution in [-0.4, -0.2) is 15.1 Å². The number of benzene rings is 2. The maximum atomic E-state index is 5.92. The average molecular weight is 334 g/mol. The lowest BCUT2D eigenvalue weighted by Crippen LogP contribution is -1.90. The van der Waals surface area contributed by atoms with Gasteiger partial charge >= 0.3 is 0 Å². The van der Waals surface area contributed by atoms with Crippen LogP contribution in [-0.2, 0) is 0 Å². The Morgan fingerprint density at radius 2 is 1.58 bits per heavy atom. The lowest BCUT2D eigenvalue weighted by molar-refractivity contribution is 0.433. The van der Waals surface area contributed by atoms with Gasteiger partial charge < -0.3 is 4.52 Å². The van der Waals surface area contributed by atoms with Gasteiger partial charge in [0, 0.05) is 28.4 Å². The molecule has 2 heterocycles. The van der Waals surface area contributed by atoms with E-state index < -0.39 is 0 Å². The number of hydrogen-bond donors (Lipinski definition) is 0. The zero-order chi connectivity index (χ0) is 16.4. The van der Waals surface area contributed by atoms with E-state index in [1.54, 1.807) is 12.3 Å². The zero-order valence-electron chi connectivity index (χ0n) is 12.6. The molecule has 0 bridgehead atoms. The van der Waals surface area contributed by atoms with E-state index in [1.807, 2.05) is 60.7 Å². The van der Waals surface area contributed by atoms with Crippen LogP contribution in [0.25, 0.3) is 34.1 Å². The molecule has 4 aromatic rings. The van der Waals surface area contributed by atoms with Crippen molar-refractivity contribution in [2.45, 2.75) is 0 Å². The molecule has 0 aliphatic rings. The second-order valence-electron chi connectivity index (χ2n) is 5.21. The molecule has 0 N–H and O–H groups in total. The molecular weight excluding hydrogens is 322 g/mol. The maximum absolute atomic E-state index is 5.92. The third kappa shape index (κ3) is 2.92. The van der Waals surface area contributed by atoms with Crippen molar-refractivity contribution in [1.82, 2.24) is 15.1 Å². The molecule has 0 saturated heterocycles. The fourth-order valence-electron chi connectivity index (χ4n) is 2.37. The van der Waals surface area contributed by atoms with Gasteiger partial charge in [-0.15, -0.1) is 0 Å². The van der Waals surface area contributed by atoms with E-state index in [1.165, 1.54) is 0 Å². The first kappa shape index (κ1) is 14.6. The van der Waals surface area contributed by atoms with Gasteiger partial charge in [-0.05, 0) is 30.3 Å². The van der Waals surface area contributed by atoms with Gasteiger partial charge in [0.05, 0.1) is 0 Å². The number of aromatic nitrogens is 3. The Kier molecular flexibility index (Phi) is 3.81. The second kappa shape index (κ2) is 6.26. The van der Waals surface area contributed by atoms with Crippen LogP contribution in [0.5, 0.6) is 0 Å². The minimum Gasteiger partial charge on any atom is -0.354 e. The molecule has 4 rings (SSSR count). The van der Waals surface area contributed by atoms with Crippen molar-refractivity contribution in [1.29, 1.82) is 0 Å². The Bertz CT molecular complexity index is 965. The summed E-state index contributed by atoms with van der Waals surface area (Å²) in [4.78, 5) is 8.88. The number of hydrogen-bond acceptors (Lipinski definition) is 4. The van der Waals surface area contributed by atoms with Crippen LogP contribution in [0.4, 0.5) is 0 Å². The lowest BCUT2D eigenvalue weighted by Gasteiger charge is -2.01. The van der Waals surface area contributed by atoms with Crippen LogP contribution in [0.15, 0.2) is 77.4 Å². The van der Waals surface area contributed by atoms with E-state index in [0.29, 0.717) is 22.3 Å². The molecule has 116 valence electrons. The van der Waals surface area contributed by atoms with Crippen molar-refractivity contribution >= 4 is 11.6 Å². The third-order valence-electron chi connectivity index (χ3n) is 3.59. The van der Waals surface area contributed by atoms with Gasteiger partial charge in [-0.1, -0.05) is 47.1 Å². The summed E-state index contributed by atoms with van der Waals surface area (Å²) in [6.07, 6.45) is 1.71. The van der Waals surface area contributed by atoms with Crippen LogP contribution in [0.2, 0.25) is 5.02 Å². The normalized spacial score (nSPS) is 10.7. The maximum Gasteiger partial charge on any atom is 0.185 e. The first-order chi connectivity index (χ1) is 11.8. The fourth-order valence-corrected chi connectivity index (χ4v) is 2.50. The SMILES string of the molecule is Clc1ccc(-c2nccc(-c3cc(-c4ccccc4)no3)n2)cc1. The third-order valence-corrected chi connectivity index (χ3v) is 3.84. The highest BCUT2D eigenvalue weighted by Gasteiger charge is 2.11. The molecule has 0 fully saturated rings. The zero-order valence-corrected chi connectivity index (χ0v) is 13.3. The standard InChI is InChI=1S/C19H12ClN3O/c20-15-8-6-14(7-9-15)19-21-11-10-16(22-19)18-12-17(23-24-18)13-4-2-1-3-5-13/h1-12H. The fraction of sp³-hybridized carbons (Fsp3) is 0. The molecule has 0 unspecified atom stereocenters. The second-order valence-corrected chi connectivity index (χ2v) is 5.65. The number of rotatable bonds is 3. The molecule has 0 aliphatic heterocycles. The van der Waals surface area contributed by atoms with E-state index in [4.69, 9.17) is 16.1 Å². The first-order valence-corrected chi connectivity index (χ1v) is 7.79. The van der Waals surface area contributed by atoms with E-state index in [-0.39, 0.29) is 0 Å². The van der Waals surface area contributed by atoms with Gasteiger partial charge in [0.1, 0.15) is 11.4 Å². The van der Waals surface area contributed by atoms with Gasteiger partial charge in [0.25, 0.3) is 0 Å². The number of nitrogens with zero attached hydrogens (tertiary/aromatic N) is 3. The van der Waals surface area contributed by atoms with Crippen molar-refractivity contribution in [3.8, 4) is 34.1 Å². The molecule has 5 heteroatoms. The Labute approximate surface area is 143 Å². The Morgan fingerprint density at radius 1 is 0.792 bits per heavy atom. The van der Waals surface area contributed by atoms with E-state index in [0.717, 1.165) is 16.8 Å². The summed E-state index contributed by atoms with van der Waals surface area (Å²) in [6, 6.07) is 20.9. The Hall–Kier alpha value is -2.98. The smallest absolute Gasteiger partial charge is 0.185 e. The molecule has 24 heavy (non-hydrogen) atoms. The predicted octanol–water partition coefficient (Wildman–Crippen LogP) is 5.12. The lowest BCUT2D eigenvalue weighted by atomic mass is 10.1.